The molecule has 2 amide bonds. The lowest BCUT2D eigenvalue weighted by Crippen LogP contribution is -2.58. The Kier molecular flexibility index (Phi) is 6.85. The van der Waals surface area contributed by atoms with Gasteiger partial charge in [0.15, 0.2) is 0 Å². The van der Waals surface area contributed by atoms with Crippen LogP contribution in [-0.2, 0) is 9.59 Å². The molecular weight excluding hydrogens is 473 g/mol. The van der Waals surface area contributed by atoms with Crippen LogP contribution in [0.25, 0.3) is 0 Å². The number of piperazine rings is 1. The molecule has 7 nitrogen and oxygen atoms in total. The number of amides is 2. The molecule has 3 aliphatic carbocycles. The number of carbonyl (C=O) groups excluding carboxylic acids is 2. The number of nitrogens with one attached hydrogen (secondary N) is 1. The Morgan fingerprint density at radius 3 is 2.50 bits per heavy atom. The molecule has 11 heteroatoms. The molecular formula is C23H30ClF3N4O3. The van der Waals surface area contributed by atoms with Gasteiger partial charge in [0.2, 0.25) is 5.91 Å². The fourth-order valence-corrected chi connectivity index (χ4v) is 5.39. The van der Waals surface area contributed by atoms with E-state index in [0.29, 0.717) is 5.92 Å². The minimum atomic E-state index is -4.64. The lowest BCUT2D eigenvalue weighted by Gasteiger charge is -2.39. The van der Waals surface area contributed by atoms with E-state index in [9.17, 15) is 27.9 Å². The number of aliphatic hydroxyl groups excluding tert-OH is 1. The summed E-state index contributed by atoms with van der Waals surface area (Å²) in [4.78, 5) is 31.9. The quantitative estimate of drug-likeness (QED) is 0.522. The topological polar surface area (TPSA) is 97.1 Å². The molecule has 1 saturated heterocycles. The van der Waals surface area contributed by atoms with Gasteiger partial charge in [-0.15, -0.1) is 0 Å². The number of allylic oxidation sites excluding steroid dienone is 1. The van der Waals surface area contributed by atoms with Gasteiger partial charge in [-0.1, -0.05) is 18.5 Å². The summed E-state index contributed by atoms with van der Waals surface area (Å²) in [6, 6.07) is -0.244. The Hall–Kier alpha value is -1.94. The first-order valence-electron chi connectivity index (χ1n) is 11.7. The summed E-state index contributed by atoms with van der Waals surface area (Å²) >= 11 is 6.11. The lowest BCUT2D eigenvalue weighted by atomic mass is 9.98. The number of fused-ring (bicyclic) bond motifs is 1. The van der Waals surface area contributed by atoms with Crippen molar-refractivity contribution >= 4 is 34.8 Å². The van der Waals surface area contributed by atoms with Gasteiger partial charge in [0, 0.05) is 13.1 Å². The van der Waals surface area contributed by atoms with Crippen LogP contribution in [0.3, 0.4) is 0 Å². The van der Waals surface area contributed by atoms with Crippen molar-refractivity contribution in [3.05, 3.63) is 10.7 Å². The highest BCUT2D eigenvalue weighted by Crippen LogP contribution is 2.53. The maximum Gasteiger partial charge on any atom is 0.429 e. The molecule has 0 aromatic carbocycles. The Labute approximate surface area is 201 Å². The van der Waals surface area contributed by atoms with Gasteiger partial charge in [-0.25, -0.2) is 0 Å². The van der Waals surface area contributed by atoms with Crippen molar-refractivity contribution in [2.45, 2.75) is 64.3 Å². The van der Waals surface area contributed by atoms with E-state index in [0.717, 1.165) is 25.7 Å². The van der Waals surface area contributed by atoms with Crippen molar-refractivity contribution in [3.63, 3.8) is 0 Å². The highest BCUT2D eigenvalue weighted by Gasteiger charge is 2.55. The molecule has 2 N–H and O–H groups in total. The number of carbonyl (C=O) groups is 2. The third-order valence-electron chi connectivity index (χ3n) is 7.62. The number of nitrogens with zero attached hydrogens (tertiary/aromatic N) is 3. The SMILES string of the molecule is C/C(N=C(CC(C)C1CC1)C(F)(F)F)=C(\Cl)C(=N)C(=O)N1CCN(C2CC3CC3C2O)C(=O)C1. The Balaban J connectivity index is 1.41. The van der Waals surface area contributed by atoms with Crippen LogP contribution in [0.5, 0.6) is 0 Å². The summed E-state index contributed by atoms with van der Waals surface area (Å²) in [5.41, 5.74) is -1.92. The van der Waals surface area contributed by atoms with E-state index in [1.54, 1.807) is 11.8 Å². The predicted octanol–water partition coefficient (Wildman–Crippen LogP) is 3.36. The first kappa shape index (κ1) is 25.2. The zero-order valence-electron chi connectivity index (χ0n) is 19.2. The van der Waals surface area contributed by atoms with Crippen molar-refractivity contribution < 1.29 is 27.9 Å². The van der Waals surface area contributed by atoms with Gasteiger partial charge < -0.3 is 14.9 Å². The van der Waals surface area contributed by atoms with E-state index in [-0.39, 0.29) is 61.5 Å². The first-order valence-corrected chi connectivity index (χ1v) is 12.1. The molecule has 0 bridgehead atoms. The molecule has 5 unspecified atom stereocenters. The van der Waals surface area contributed by atoms with Crippen LogP contribution in [-0.4, -0.2) is 76.1 Å². The summed E-state index contributed by atoms with van der Waals surface area (Å²) in [6.07, 6.45) is -1.86. The second-order valence-electron chi connectivity index (χ2n) is 10.1. The average molecular weight is 503 g/mol. The fraction of sp³-hybridized carbons (Fsp3) is 0.739. The number of rotatable bonds is 7. The van der Waals surface area contributed by atoms with Crippen LogP contribution in [0.1, 0.15) is 46.0 Å². The third-order valence-corrected chi connectivity index (χ3v) is 8.08. The highest BCUT2D eigenvalue weighted by molar-refractivity contribution is 6.58. The number of hydrogen-bond acceptors (Lipinski definition) is 5. The van der Waals surface area contributed by atoms with Gasteiger partial charge in [-0.3, -0.25) is 20.0 Å². The van der Waals surface area contributed by atoms with Crippen LogP contribution < -0.4 is 0 Å². The maximum atomic E-state index is 13.5. The van der Waals surface area contributed by atoms with E-state index in [1.165, 1.54) is 11.8 Å². The van der Waals surface area contributed by atoms with Gasteiger partial charge in [0.25, 0.3) is 5.91 Å². The summed E-state index contributed by atoms with van der Waals surface area (Å²) in [5.74, 6) is -0.337. The molecule has 4 aliphatic rings. The van der Waals surface area contributed by atoms with Crippen LogP contribution >= 0.6 is 11.6 Å². The first-order chi connectivity index (χ1) is 15.9. The Bertz CT molecular complexity index is 946. The van der Waals surface area contributed by atoms with Gasteiger partial charge in [0.1, 0.15) is 18.0 Å². The molecule has 4 rings (SSSR count). The summed E-state index contributed by atoms with van der Waals surface area (Å²) < 4.78 is 40.5. The number of alkyl halides is 3. The normalized spacial score (nSPS) is 31.3. The summed E-state index contributed by atoms with van der Waals surface area (Å²) in [7, 11) is 0. The van der Waals surface area contributed by atoms with Crippen LogP contribution in [0.2, 0.25) is 0 Å². The predicted molar refractivity (Wildman–Crippen MR) is 121 cm³/mol. The molecule has 5 atom stereocenters. The molecule has 0 aromatic rings. The standard InChI is InChI=1S/C23H30ClF3N4O3/c1-11(13-3-4-13)7-17(23(25,26)27)29-12(2)19(24)20(28)22(34)30-5-6-31(18(32)10-30)16-9-14-8-15(14)21(16)33/h11,13-16,21,28,33H,3-10H2,1-2H3/b19-12+,28-20?,29-17?. The molecule has 0 aromatic heterocycles. The molecule has 188 valence electrons. The second kappa shape index (κ2) is 9.26. The van der Waals surface area contributed by atoms with Crippen molar-refractivity contribution in [1.29, 1.82) is 5.41 Å². The van der Waals surface area contributed by atoms with Crippen molar-refractivity contribution in [1.82, 2.24) is 9.80 Å². The molecule has 0 radical (unpaired) electrons. The van der Waals surface area contributed by atoms with E-state index in [2.05, 4.69) is 4.99 Å². The molecule has 1 aliphatic heterocycles. The monoisotopic (exact) mass is 502 g/mol. The van der Waals surface area contributed by atoms with Crippen LogP contribution in [0, 0.1) is 29.1 Å². The number of aliphatic imine (C=N–C) groups is 1. The van der Waals surface area contributed by atoms with Gasteiger partial charge >= 0.3 is 6.18 Å². The van der Waals surface area contributed by atoms with Crippen LogP contribution in [0.15, 0.2) is 15.7 Å². The Morgan fingerprint density at radius 1 is 1.29 bits per heavy atom. The van der Waals surface area contributed by atoms with Gasteiger partial charge in [-0.05, 0) is 62.7 Å². The minimum Gasteiger partial charge on any atom is -0.391 e. The van der Waals surface area contributed by atoms with Gasteiger partial charge in [-0.2, -0.15) is 13.2 Å². The molecule has 4 fully saturated rings. The highest BCUT2D eigenvalue weighted by atomic mass is 35.5. The van der Waals surface area contributed by atoms with Gasteiger partial charge in [0.05, 0.1) is 22.9 Å². The Morgan fingerprint density at radius 2 is 1.97 bits per heavy atom. The largest absolute Gasteiger partial charge is 0.429 e. The molecule has 3 saturated carbocycles. The van der Waals surface area contributed by atoms with E-state index in [4.69, 9.17) is 17.0 Å². The molecule has 1 heterocycles. The second-order valence-corrected chi connectivity index (χ2v) is 10.5. The van der Waals surface area contributed by atoms with Crippen molar-refractivity contribution in [3.8, 4) is 0 Å². The average Bonchev–Trinajstić information content (AvgIpc) is 3.69. The molecule has 0 spiro atoms. The number of halogens is 4. The number of hydrogen-bond donors (Lipinski definition) is 2. The number of aliphatic hydroxyl groups is 1. The zero-order chi connectivity index (χ0) is 24.9. The smallest absolute Gasteiger partial charge is 0.391 e. The summed E-state index contributed by atoms with van der Waals surface area (Å²) in [6.45, 7) is 3.13. The van der Waals surface area contributed by atoms with E-state index < -0.39 is 34.6 Å². The van der Waals surface area contributed by atoms with E-state index >= 15 is 0 Å². The third kappa shape index (κ3) is 5.17. The van der Waals surface area contributed by atoms with E-state index in [1.807, 2.05) is 0 Å². The lowest BCUT2D eigenvalue weighted by molar-refractivity contribution is -0.146. The zero-order valence-corrected chi connectivity index (χ0v) is 20.0. The van der Waals surface area contributed by atoms with Crippen molar-refractivity contribution in [2.75, 3.05) is 19.6 Å². The minimum absolute atomic E-state index is 0.157. The fourth-order valence-electron chi connectivity index (χ4n) is 5.26. The maximum absolute atomic E-state index is 13.5. The van der Waals surface area contributed by atoms with Crippen LogP contribution in [0.4, 0.5) is 13.2 Å². The van der Waals surface area contributed by atoms with Crippen molar-refractivity contribution in [2.24, 2.45) is 28.7 Å². The molecule has 34 heavy (non-hydrogen) atoms. The summed E-state index contributed by atoms with van der Waals surface area (Å²) in [5, 5.41) is 18.0.